The SMILES string of the molecule is CCCCCCCCCCC1Cc2c(cc(C)c(CC(=O)NS(=O)(=O)c3cc(OC)ccc3OC)c2C)N(CC)C1(C)C. The second-order valence-corrected chi connectivity index (χ2v) is 14.2. The van der Waals surface area contributed by atoms with Crippen LogP contribution in [0.4, 0.5) is 5.69 Å². The Morgan fingerprint density at radius 3 is 2.23 bits per heavy atom. The number of benzene rings is 2. The van der Waals surface area contributed by atoms with Crippen molar-refractivity contribution >= 4 is 21.6 Å². The van der Waals surface area contributed by atoms with Gasteiger partial charge in [0.15, 0.2) is 0 Å². The Morgan fingerprint density at radius 1 is 0.977 bits per heavy atom. The predicted molar refractivity (Wildman–Crippen MR) is 176 cm³/mol. The van der Waals surface area contributed by atoms with Gasteiger partial charge in [-0.2, -0.15) is 0 Å². The quantitative estimate of drug-likeness (QED) is 0.195. The molecule has 240 valence electrons. The van der Waals surface area contributed by atoms with Gasteiger partial charge < -0.3 is 14.4 Å². The first-order chi connectivity index (χ1) is 20.4. The molecule has 0 aromatic heterocycles. The van der Waals surface area contributed by atoms with Gasteiger partial charge in [-0.25, -0.2) is 13.1 Å². The average Bonchev–Trinajstić information content (AvgIpc) is 2.96. The zero-order valence-corrected chi connectivity index (χ0v) is 28.6. The summed E-state index contributed by atoms with van der Waals surface area (Å²) < 4.78 is 39.1. The molecule has 0 saturated heterocycles. The molecule has 7 nitrogen and oxygen atoms in total. The number of nitrogens with one attached hydrogen (secondary N) is 1. The van der Waals surface area contributed by atoms with Crippen LogP contribution in [0.15, 0.2) is 29.2 Å². The number of sulfonamides is 1. The van der Waals surface area contributed by atoms with E-state index in [2.05, 4.69) is 50.3 Å². The zero-order chi connectivity index (χ0) is 31.8. The van der Waals surface area contributed by atoms with Crippen molar-refractivity contribution in [3.8, 4) is 11.5 Å². The van der Waals surface area contributed by atoms with Crippen LogP contribution in [-0.4, -0.2) is 40.6 Å². The summed E-state index contributed by atoms with van der Waals surface area (Å²) in [7, 11) is -1.32. The number of anilines is 1. The largest absolute Gasteiger partial charge is 0.497 e. The maximum absolute atomic E-state index is 13.2. The van der Waals surface area contributed by atoms with Crippen LogP contribution < -0.4 is 19.1 Å². The summed E-state index contributed by atoms with van der Waals surface area (Å²) in [5.74, 6) is 0.436. The number of carbonyl (C=O) groups is 1. The zero-order valence-electron chi connectivity index (χ0n) is 27.8. The fourth-order valence-electron chi connectivity index (χ4n) is 6.80. The fraction of sp³-hybridized carbons (Fsp3) is 0.629. The first-order valence-corrected chi connectivity index (χ1v) is 17.6. The van der Waals surface area contributed by atoms with Crippen molar-refractivity contribution in [3.05, 3.63) is 46.5 Å². The van der Waals surface area contributed by atoms with E-state index in [9.17, 15) is 13.2 Å². The molecule has 0 bridgehead atoms. The van der Waals surface area contributed by atoms with Gasteiger partial charge in [0.25, 0.3) is 10.0 Å². The van der Waals surface area contributed by atoms with Crippen LogP contribution >= 0.6 is 0 Å². The van der Waals surface area contributed by atoms with Gasteiger partial charge in [0.1, 0.15) is 16.4 Å². The highest BCUT2D eigenvalue weighted by Gasteiger charge is 2.40. The van der Waals surface area contributed by atoms with Gasteiger partial charge in [-0.15, -0.1) is 0 Å². The fourth-order valence-corrected chi connectivity index (χ4v) is 7.97. The van der Waals surface area contributed by atoms with E-state index in [-0.39, 0.29) is 22.6 Å². The highest BCUT2D eigenvalue weighted by molar-refractivity contribution is 7.90. The second kappa shape index (κ2) is 15.3. The smallest absolute Gasteiger partial charge is 0.267 e. The van der Waals surface area contributed by atoms with E-state index < -0.39 is 15.9 Å². The van der Waals surface area contributed by atoms with Crippen LogP contribution in [0.1, 0.15) is 108 Å². The molecule has 8 heteroatoms. The van der Waals surface area contributed by atoms with Crippen molar-refractivity contribution < 1.29 is 22.7 Å². The molecular weight excluding hydrogens is 560 g/mol. The first kappa shape index (κ1) is 34.7. The van der Waals surface area contributed by atoms with Crippen LogP contribution in [0.5, 0.6) is 11.5 Å². The molecule has 0 radical (unpaired) electrons. The van der Waals surface area contributed by atoms with E-state index in [0.29, 0.717) is 11.7 Å². The van der Waals surface area contributed by atoms with Crippen molar-refractivity contribution in [1.29, 1.82) is 0 Å². The van der Waals surface area contributed by atoms with Gasteiger partial charge >= 0.3 is 0 Å². The van der Waals surface area contributed by atoms with Gasteiger partial charge in [-0.1, -0.05) is 58.3 Å². The highest BCUT2D eigenvalue weighted by Crippen LogP contribution is 2.45. The number of ether oxygens (including phenoxy) is 2. The van der Waals surface area contributed by atoms with Gasteiger partial charge in [0, 0.05) is 23.8 Å². The van der Waals surface area contributed by atoms with E-state index in [0.717, 1.165) is 29.7 Å². The Hall–Kier alpha value is -2.74. The second-order valence-electron chi connectivity index (χ2n) is 12.6. The molecule has 0 fully saturated rings. The summed E-state index contributed by atoms with van der Waals surface area (Å²) in [6.45, 7) is 14.2. The van der Waals surface area contributed by atoms with Crippen LogP contribution in [0, 0.1) is 19.8 Å². The van der Waals surface area contributed by atoms with Gasteiger partial charge in [-0.3, -0.25) is 4.79 Å². The number of fused-ring (bicyclic) bond motifs is 1. The summed E-state index contributed by atoms with van der Waals surface area (Å²) in [5.41, 5.74) is 5.55. The molecule has 2 aromatic rings. The lowest BCUT2D eigenvalue weighted by Gasteiger charge is -2.51. The third-order valence-electron chi connectivity index (χ3n) is 9.45. The molecule has 1 N–H and O–H groups in total. The first-order valence-electron chi connectivity index (χ1n) is 16.1. The molecule has 1 unspecified atom stereocenters. The predicted octanol–water partition coefficient (Wildman–Crippen LogP) is 7.68. The summed E-state index contributed by atoms with van der Waals surface area (Å²) in [5, 5.41) is 0. The molecule has 0 saturated carbocycles. The maximum Gasteiger partial charge on any atom is 0.267 e. The summed E-state index contributed by atoms with van der Waals surface area (Å²) in [6.07, 6.45) is 12.6. The van der Waals surface area contributed by atoms with Crippen molar-refractivity contribution in [2.75, 3.05) is 25.7 Å². The molecule has 3 rings (SSSR count). The number of methoxy groups -OCH3 is 2. The van der Waals surface area contributed by atoms with Crippen LogP contribution in [0.3, 0.4) is 0 Å². The lowest BCUT2D eigenvalue weighted by molar-refractivity contribution is -0.118. The topological polar surface area (TPSA) is 84.9 Å². The average molecular weight is 615 g/mol. The lowest BCUT2D eigenvalue weighted by Crippen LogP contribution is -2.53. The molecule has 0 aliphatic carbocycles. The van der Waals surface area contributed by atoms with Crippen molar-refractivity contribution in [3.63, 3.8) is 0 Å². The highest BCUT2D eigenvalue weighted by atomic mass is 32.2. The number of nitrogens with zero attached hydrogens (tertiary/aromatic N) is 1. The molecule has 1 atom stereocenters. The molecule has 1 aliphatic rings. The number of hydrogen-bond donors (Lipinski definition) is 1. The molecular formula is C35H54N2O5S. The molecule has 1 amide bonds. The third kappa shape index (κ3) is 8.25. The van der Waals surface area contributed by atoms with Crippen molar-refractivity contribution in [1.82, 2.24) is 4.72 Å². The Balaban J connectivity index is 1.79. The third-order valence-corrected chi connectivity index (χ3v) is 10.8. The summed E-state index contributed by atoms with van der Waals surface area (Å²) >= 11 is 0. The maximum atomic E-state index is 13.2. The van der Waals surface area contributed by atoms with Crippen LogP contribution in [0.25, 0.3) is 0 Å². The normalized spacial score (nSPS) is 16.1. The molecule has 0 spiro atoms. The molecule has 1 aliphatic heterocycles. The van der Waals surface area contributed by atoms with Crippen LogP contribution in [-0.2, 0) is 27.7 Å². The van der Waals surface area contributed by atoms with Gasteiger partial charge in [-0.05, 0) is 93.8 Å². The Labute approximate surface area is 260 Å². The minimum absolute atomic E-state index is 0.0192. The number of rotatable bonds is 16. The number of amides is 1. The monoisotopic (exact) mass is 614 g/mol. The van der Waals surface area contributed by atoms with Crippen LogP contribution in [0.2, 0.25) is 0 Å². The lowest BCUT2D eigenvalue weighted by atomic mass is 9.72. The summed E-state index contributed by atoms with van der Waals surface area (Å²) in [4.78, 5) is 15.6. The van der Waals surface area contributed by atoms with E-state index in [1.165, 1.54) is 95.4 Å². The summed E-state index contributed by atoms with van der Waals surface area (Å²) in [6, 6.07) is 6.68. The van der Waals surface area contributed by atoms with E-state index in [1.807, 2.05) is 6.92 Å². The number of hydrogen-bond acceptors (Lipinski definition) is 6. The number of aryl methyl sites for hydroxylation is 1. The molecule has 2 aromatic carbocycles. The Bertz CT molecular complexity index is 1350. The van der Waals surface area contributed by atoms with Crippen molar-refractivity contribution in [2.45, 2.75) is 123 Å². The number of carbonyl (C=O) groups excluding carboxylic acids is 1. The van der Waals surface area contributed by atoms with Gasteiger partial charge in [0.05, 0.1) is 20.6 Å². The molecule has 1 heterocycles. The molecule has 43 heavy (non-hydrogen) atoms. The standard InChI is InChI=1S/C35H54N2O5S/c1-9-11-12-13-14-15-16-17-18-27-22-30-26(4)29(25(3)21-31(30)37(10-2)35(27,5)6)24-34(38)36-43(39,40)33-23-28(41-7)19-20-32(33)42-8/h19-21,23,27H,9-18,22,24H2,1-8H3,(H,36,38). The van der Waals surface area contributed by atoms with E-state index in [4.69, 9.17) is 9.47 Å². The van der Waals surface area contributed by atoms with E-state index >= 15 is 0 Å². The Morgan fingerprint density at radius 2 is 1.63 bits per heavy atom. The van der Waals surface area contributed by atoms with Crippen molar-refractivity contribution in [2.24, 2.45) is 5.92 Å². The van der Waals surface area contributed by atoms with Gasteiger partial charge in [0.2, 0.25) is 5.91 Å². The minimum Gasteiger partial charge on any atom is -0.497 e. The minimum atomic E-state index is -4.17. The van der Waals surface area contributed by atoms with E-state index in [1.54, 1.807) is 6.07 Å². The Kier molecular flexibility index (Phi) is 12.4. The number of unbranched alkanes of at least 4 members (excludes halogenated alkanes) is 7.